The lowest BCUT2D eigenvalue weighted by Gasteiger charge is -2.27. The van der Waals surface area contributed by atoms with Crippen molar-refractivity contribution >= 4 is 17.4 Å². The van der Waals surface area contributed by atoms with Crippen LogP contribution in [-0.2, 0) is 9.59 Å². The number of carbonyl (C=O) groups is 2. The molecule has 3 rings (SSSR count). The first-order chi connectivity index (χ1) is 12.3. The van der Waals surface area contributed by atoms with Crippen molar-refractivity contribution in [1.82, 2.24) is 0 Å². The molecule has 0 spiro atoms. The van der Waals surface area contributed by atoms with Crippen molar-refractivity contribution in [3.05, 3.63) is 64.8 Å². The molecule has 0 fully saturated rings. The molecule has 136 valence electrons. The highest BCUT2D eigenvalue weighted by Gasteiger charge is 2.46. The first-order valence-electron chi connectivity index (χ1n) is 8.72. The third-order valence-electron chi connectivity index (χ3n) is 4.75. The van der Waals surface area contributed by atoms with Gasteiger partial charge in [-0.2, -0.15) is 0 Å². The van der Waals surface area contributed by atoms with Gasteiger partial charge >= 0.3 is 0 Å². The molecule has 26 heavy (non-hydrogen) atoms. The average Bonchev–Trinajstić information content (AvgIpc) is 3.18. The topological polar surface area (TPSA) is 70.8 Å². The molecule has 0 saturated heterocycles. The minimum absolute atomic E-state index is 0.111. The summed E-state index contributed by atoms with van der Waals surface area (Å²) in [5, 5.41) is 10.5. The monoisotopic (exact) mass is 353 g/mol. The van der Waals surface area contributed by atoms with E-state index in [0.29, 0.717) is 11.4 Å². The number of benzene rings is 1. The number of Topliss-reactive ketones (excluding diaryl/α,β-unsaturated/α-hetero) is 1. The van der Waals surface area contributed by atoms with Crippen LogP contribution in [0.25, 0.3) is 0 Å². The molecule has 0 aliphatic carbocycles. The molecule has 2 aromatic rings. The van der Waals surface area contributed by atoms with Crippen molar-refractivity contribution in [3.63, 3.8) is 0 Å². The first-order valence-corrected chi connectivity index (χ1v) is 8.72. The summed E-state index contributed by atoms with van der Waals surface area (Å²) in [6, 6.07) is 8.30. The van der Waals surface area contributed by atoms with E-state index in [2.05, 4.69) is 0 Å². The molecule has 2 heterocycles. The fourth-order valence-corrected chi connectivity index (χ4v) is 3.33. The van der Waals surface area contributed by atoms with Crippen LogP contribution in [0.15, 0.2) is 52.3 Å². The van der Waals surface area contributed by atoms with Gasteiger partial charge in [0.25, 0.3) is 5.91 Å². The molecule has 1 aliphatic heterocycles. The molecule has 1 aromatic heterocycles. The molecule has 5 heteroatoms. The number of rotatable bonds is 5. The summed E-state index contributed by atoms with van der Waals surface area (Å²) in [5.41, 5.74) is 2.72. The van der Waals surface area contributed by atoms with E-state index in [9.17, 15) is 14.7 Å². The van der Waals surface area contributed by atoms with Gasteiger partial charge in [0.05, 0.1) is 11.8 Å². The Morgan fingerprint density at radius 2 is 1.96 bits per heavy atom. The molecule has 0 radical (unpaired) electrons. The van der Waals surface area contributed by atoms with Gasteiger partial charge in [0.15, 0.2) is 11.5 Å². The molecular weight excluding hydrogens is 330 g/mol. The zero-order chi connectivity index (χ0) is 19.0. The van der Waals surface area contributed by atoms with Crippen molar-refractivity contribution in [1.29, 1.82) is 0 Å². The number of ketones is 1. The van der Waals surface area contributed by atoms with Gasteiger partial charge < -0.3 is 9.52 Å². The Morgan fingerprint density at radius 1 is 1.23 bits per heavy atom. The maximum Gasteiger partial charge on any atom is 0.294 e. The predicted molar refractivity (Wildman–Crippen MR) is 99.0 cm³/mol. The highest BCUT2D eigenvalue weighted by atomic mass is 16.3. The molecule has 1 amide bonds. The Bertz CT molecular complexity index is 877. The van der Waals surface area contributed by atoms with Crippen LogP contribution in [0.5, 0.6) is 0 Å². The SMILES string of the molecule is Cc1cccc(N2C(=O)C(O)=C(C(=O)CC(C)C)C2c2ccco2)c1C. The predicted octanol–water partition coefficient (Wildman–Crippen LogP) is 4.41. The summed E-state index contributed by atoms with van der Waals surface area (Å²) >= 11 is 0. The molecule has 5 nitrogen and oxygen atoms in total. The van der Waals surface area contributed by atoms with Gasteiger partial charge in [-0.3, -0.25) is 14.5 Å². The van der Waals surface area contributed by atoms with Gasteiger partial charge in [-0.1, -0.05) is 26.0 Å². The largest absolute Gasteiger partial charge is 0.503 e. The Balaban J connectivity index is 2.16. The summed E-state index contributed by atoms with van der Waals surface area (Å²) in [6.45, 7) is 7.73. The number of carbonyl (C=O) groups excluding carboxylic acids is 2. The van der Waals surface area contributed by atoms with E-state index in [1.165, 1.54) is 11.2 Å². The highest BCUT2D eigenvalue weighted by molar-refractivity contribution is 6.16. The second kappa shape index (κ2) is 6.83. The smallest absolute Gasteiger partial charge is 0.294 e. The zero-order valence-corrected chi connectivity index (χ0v) is 15.4. The maximum atomic E-state index is 12.9. The van der Waals surface area contributed by atoms with Crippen LogP contribution < -0.4 is 4.90 Å². The zero-order valence-electron chi connectivity index (χ0n) is 15.4. The normalized spacial score (nSPS) is 17.5. The number of hydrogen-bond donors (Lipinski definition) is 1. The van der Waals surface area contributed by atoms with E-state index in [4.69, 9.17) is 4.42 Å². The lowest BCUT2D eigenvalue weighted by Crippen LogP contribution is -2.31. The van der Waals surface area contributed by atoms with Gasteiger partial charge in [0, 0.05) is 12.1 Å². The van der Waals surface area contributed by atoms with Crippen LogP contribution in [0.3, 0.4) is 0 Å². The molecule has 1 aliphatic rings. The standard InChI is InChI=1S/C21H23NO4/c1-12(2)11-16(23)18-19(17-9-6-10-26-17)22(21(25)20(18)24)15-8-5-7-13(3)14(15)4/h5-10,12,19,24H,11H2,1-4H3. The van der Waals surface area contributed by atoms with Crippen molar-refractivity contribution in [2.45, 2.75) is 40.2 Å². The van der Waals surface area contributed by atoms with Crippen LogP contribution in [0.4, 0.5) is 5.69 Å². The van der Waals surface area contributed by atoms with Crippen molar-refractivity contribution in [2.75, 3.05) is 4.90 Å². The van der Waals surface area contributed by atoms with E-state index in [1.807, 2.05) is 45.9 Å². The van der Waals surface area contributed by atoms with Crippen LogP contribution in [-0.4, -0.2) is 16.8 Å². The number of anilines is 1. The lowest BCUT2D eigenvalue weighted by atomic mass is 9.94. The number of furan rings is 1. The molecule has 1 aromatic carbocycles. The number of hydrogen-bond acceptors (Lipinski definition) is 4. The molecule has 0 saturated carbocycles. The van der Waals surface area contributed by atoms with Gasteiger partial charge in [0.1, 0.15) is 11.8 Å². The minimum Gasteiger partial charge on any atom is -0.503 e. The van der Waals surface area contributed by atoms with E-state index in [1.54, 1.807) is 12.1 Å². The number of amides is 1. The lowest BCUT2D eigenvalue weighted by molar-refractivity contribution is -0.118. The summed E-state index contributed by atoms with van der Waals surface area (Å²) in [6.07, 6.45) is 1.76. The van der Waals surface area contributed by atoms with E-state index in [0.717, 1.165) is 11.1 Å². The third kappa shape index (κ3) is 2.94. The number of nitrogens with zero attached hydrogens (tertiary/aromatic N) is 1. The highest BCUT2D eigenvalue weighted by Crippen LogP contribution is 2.43. The van der Waals surface area contributed by atoms with Crippen LogP contribution in [0.1, 0.15) is 43.2 Å². The number of aryl methyl sites for hydroxylation is 1. The summed E-state index contributed by atoms with van der Waals surface area (Å²) in [4.78, 5) is 27.2. The van der Waals surface area contributed by atoms with Crippen LogP contribution in [0, 0.1) is 19.8 Å². The molecule has 0 bridgehead atoms. The van der Waals surface area contributed by atoms with Crippen molar-refractivity contribution in [2.24, 2.45) is 5.92 Å². The van der Waals surface area contributed by atoms with Gasteiger partial charge in [-0.25, -0.2) is 0 Å². The van der Waals surface area contributed by atoms with Crippen molar-refractivity contribution in [3.8, 4) is 0 Å². The first kappa shape index (κ1) is 18.0. The fourth-order valence-electron chi connectivity index (χ4n) is 3.33. The Morgan fingerprint density at radius 3 is 2.58 bits per heavy atom. The van der Waals surface area contributed by atoms with Gasteiger partial charge in [-0.15, -0.1) is 0 Å². The minimum atomic E-state index is -0.760. The summed E-state index contributed by atoms with van der Waals surface area (Å²) in [7, 11) is 0. The van der Waals surface area contributed by atoms with Crippen LogP contribution >= 0.6 is 0 Å². The second-order valence-electron chi connectivity index (χ2n) is 7.10. The second-order valence-corrected chi connectivity index (χ2v) is 7.10. The Hall–Kier alpha value is -2.82. The van der Waals surface area contributed by atoms with E-state index in [-0.39, 0.29) is 23.7 Å². The average molecular weight is 353 g/mol. The maximum absolute atomic E-state index is 12.9. The van der Waals surface area contributed by atoms with Gasteiger partial charge in [-0.05, 0) is 49.1 Å². The third-order valence-corrected chi connectivity index (χ3v) is 4.75. The summed E-state index contributed by atoms with van der Waals surface area (Å²) in [5.74, 6) is -0.731. The van der Waals surface area contributed by atoms with E-state index >= 15 is 0 Å². The van der Waals surface area contributed by atoms with E-state index < -0.39 is 17.7 Å². The Labute approximate surface area is 152 Å². The number of aliphatic hydroxyl groups is 1. The summed E-state index contributed by atoms with van der Waals surface area (Å²) < 4.78 is 5.53. The quantitative estimate of drug-likeness (QED) is 0.864. The van der Waals surface area contributed by atoms with Crippen molar-refractivity contribution < 1.29 is 19.1 Å². The molecule has 1 atom stereocenters. The molecular formula is C21H23NO4. The van der Waals surface area contributed by atoms with Crippen LogP contribution in [0.2, 0.25) is 0 Å². The molecule has 1 N–H and O–H groups in total. The Kier molecular flexibility index (Phi) is 4.72. The number of aliphatic hydroxyl groups excluding tert-OH is 1. The fraction of sp³-hybridized carbons (Fsp3) is 0.333. The molecule has 1 unspecified atom stereocenters. The van der Waals surface area contributed by atoms with Gasteiger partial charge in [0.2, 0.25) is 0 Å².